The molecule has 0 amide bonds. The Morgan fingerprint density at radius 3 is 2.41 bits per heavy atom. The molecule has 0 saturated carbocycles. The van der Waals surface area contributed by atoms with Gasteiger partial charge in [0.2, 0.25) is 0 Å². The molecule has 0 spiro atoms. The van der Waals surface area contributed by atoms with Crippen LogP contribution in [0, 0.1) is 5.41 Å². The third-order valence-corrected chi connectivity index (χ3v) is 5.53. The van der Waals surface area contributed by atoms with Crippen molar-refractivity contribution in [2.24, 2.45) is 5.41 Å². The molecule has 1 aliphatic carbocycles. The van der Waals surface area contributed by atoms with Crippen LogP contribution in [0.3, 0.4) is 0 Å². The number of alkyl halides is 3. The van der Waals surface area contributed by atoms with E-state index in [4.69, 9.17) is 4.74 Å². The van der Waals surface area contributed by atoms with Gasteiger partial charge in [0, 0.05) is 23.5 Å². The Labute approximate surface area is 185 Å². The first-order chi connectivity index (χ1) is 14.7. The number of hydrogen-bond donors (Lipinski definition) is 1. The van der Waals surface area contributed by atoms with Gasteiger partial charge in [-0.25, -0.2) is 9.48 Å². The number of benzene rings is 1. The number of allylic oxidation sites excluding steroid dienone is 2. The summed E-state index contributed by atoms with van der Waals surface area (Å²) in [5.41, 5.74) is -1.04. The molecule has 1 aliphatic rings. The number of hydrogen-bond acceptors (Lipinski definition) is 3. The van der Waals surface area contributed by atoms with Crippen LogP contribution in [0.2, 0.25) is 0 Å². The maximum Gasteiger partial charge on any atom is 0.416 e. The molecule has 0 radical (unpaired) electrons. The number of aromatic nitrogens is 2. The van der Waals surface area contributed by atoms with Crippen molar-refractivity contribution >= 4 is 11.5 Å². The molecule has 174 valence electrons. The van der Waals surface area contributed by atoms with Gasteiger partial charge >= 0.3 is 12.1 Å². The minimum Gasteiger partial charge on any atom is -0.479 e. The van der Waals surface area contributed by atoms with Gasteiger partial charge in [0.05, 0.1) is 16.9 Å². The highest BCUT2D eigenvalue weighted by atomic mass is 19.4. The van der Waals surface area contributed by atoms with Crippen LogP contribution in [0.4, 0.5) is 13.2 Å². The molecule has 1 atom stereocenters. The Bertz CT molecular complexity index is 1020. The average Bonchev–Trinajstić information content (AvgIpc) is 3.18. The van der Waals surface area contributed by atoms with Gasteiger partial charge in [-0.15, -0.1) is 0 Å². The molecule has 5 nitrogen and oxygen atoms in total. The first-order valence-corrected chi connectivity index (χ1v) is 10.5. The highest BCUT2D eigenvalue weighted by Gasteiger charge is 2.42. The minimum absolute atomic E-state index is 0.0191. The molecule has 1 heterocycles. The molecule has 1 unspecified atom stereocenters. The SMILES string of the molecule is CC1(C)CC=C(c2c(-n3cccn3)ccc(C(F)(F)F)c2C(OC(C)(C)C)C(=O)O)CC1. The third-order valence-electron chi connectivity index (χ3n) is 5.53. The lowest BCUT2D eigenvalue weighted by Gasteiger charge is -2.33. The highest BCUT2D eigenvalue weighted by Crippen LogP contribution is 2.46. The van der Waals surface area contributed by atoms with Crippen LogP contribution >= 0.6 is 0 Å². The Morgan fingerprint density at radius 1 is 1.25 bits per heavy atom. The van der Waals surface area contributed by atoms with Crippen molar-refractivity contribution in [2.45, 2.75) is 71.8 Å². The summed E-state index contributed by atoms with van der Waals surface area (Å²) < 4.78 is 49.7. The van der Waals surface area contributed by atoms with Gasteiger partial charge in [0.15, 0.2) is 6.10 Å². The fraction of sp³-hybridized carbons (Fsp3) is 0.500. The van der Waals surface area contributed by atoms with Crippen molar-refractivity contribution in [3.05, 3.63) is 53.4 Å². The summed E-state index contributed by atoms with van der Waals surface area (Å²) in [6.45, 7) is 9.07. The Hall–Kier alpha value is -2.61. The van der Waals surface area contributed by atoms with Gasteiger partial charge in [-0.3, -0.25) is 0 Å². The first kappa shape index (κ1) is 24.0. The monoisotopic (exact) mass is 450 g/mol. The van der Waals surface area contributed by atoms with Crippen molar-refractivity contribution < 1.29 is 27.8 Å². The molecule has 0 fully saturated rings. The maximum absolute atomic E-state index is 14.2. The largest absolute Gasteiger partial charge is 0.479 e. The molecular weight excluding hydrogens is 421 g/mol. The number of rotatable bonds is 5. The van der Waals surface area contributed by atoms with E-state index >= 15 is 0 Å². The van der Waals surface area contributed by atoms with Crippen molar-refractivity contribution in [3.63, 3.8) is 0 Å². The standard InChI is InChI=1S/C24H29F3N2O3/c1-22(2,3)32-20(21(30)31)19-16(24(25,26)27)7-8-17(29-14-6-13-28-29)18(19)15-9-11-23(4,5)12-10-15/h6-9,13-14,20H,10-12H2,1-5H3,(H,30,31). The van der Waals surface area contributed by atoms with E-state index in [1.807, 2.05) is 6.08 Å². The number of ether oxygens (including phenoxy) is 1. The van der Waals surface area contributed by atoms with Crippen LogP contribution in [0.5, 0.6) is 0 Å². The van der Waals surface area contributed by atoms with Crippen LogP contribution in [0.25, 0.3) is 11.3 Å². The maximum atomic E-state index is 14.2. The highest BCUT2D eigenvalue weighted by molar-refractivity contribution is 5.83. The first-order valence-electron chi connectivity index (χ1n) is 10.5. The number of carboxylic acids is 1. The molecule has 8 heteroatoms. The lowest BCUT2D eigenvalue weighted by molar-refractivity contribution is -0.163. The number of carbonyl (C=O) groups is 1. The van der Waals surface area contributed by atoms with E-state index in [0.29, 0.717) is 24.1 Å². The third kappa shape index (κ3) is 5.23. The summed E-state index contributed by atoms with van der Waals surface area (Å²) in [6, 6.07) is 3.94. The number of carboxylic acid groups (broad SMARTS) is 1. The second kappa shape index (κ2) is 8.39. The summed E-state index contributed by atoms with van der Waals surface area (Å²) in [7, 11) is 0. The molecule has 1 N–H and O–H groups in total. The molecule has 1 aromatic heterocycles. The lowest BCUT2D eigenvalue weighted by Crippen LogP contribution is -2.30. The van der Waals surface area contributed by atoms with Gasteiger partial charge < -0.3 is 9.84 Å². The Kier molecular flexibility index (Phi) is 6.30. The van der Waals surface area contributed by atoms with Crippen LogP contribution in [-0.4, -0.2) is 26.5 Å². The fourth-order valence-corrected chi connectivity index (χ4v) is 3.96. The smallest absolute Gasteiger partial charge is 0.416 e. The van der Waals surface area contributed by atoms with E-state index in [1.165, 1.54) is 16.9 Å². The molecular formula is C24H29F3N2O3. The average molecular weight is 451 g/mol. The minimum atomic E-state index is -4.75. The van der Waals surface area contributed by atoms with E-state index in [1.54, 1.807) is 33.0 Å². The Morgan fingerprint density at radius 2 is 1.94 bits per heavy atom. The Balaban J connectivity index is 2.38. The van der Waals surface area contributed by atoms with E-state index in [0.717, 1.165) is 12.5 Å². The van der Waals surface area contributed by atoms with Crippen LogP contribution in [0.15, 0.2) is 36.7 Å². The second-order valence-electron chi connectivity index (χ2n) is 9.92. The molecule has 0 bridgehead atoms. The molecule has 1 aromatic carbocycles. The van der Waals surface area contributed by atoms with Crippen molar-refractivity contribution in [2.75, 3.05) is 0 Å². The van der Waals surface area contributed by atoms with Gasteiger partial charge in [-0.05, 0) is 69.2 Å². The van der Waals surface area contributed by atoms with Crippen LogP contribution < -0.4 is 0 Å². The summed E-state index contributed by atoms with van der Waals surface area (Å²) in [4.78, 5) is 12.3. The quantitative estimate of drug-likeness (QED) is 0.570. The summed E-state index contributed by atoms with van der Waals surface area (Å²) in [5.74, 6) is -1.47. The van der Waals surface area contributed by atoms with E-state index in [2.05, 4.69) is 18.9 Å². The summed E-state index contributed by atoms with van der Waals surface area (Å²) in [6.07, 6.45) is 0.495. The predicted octanol–water partition coefficient (Wildman–Crippen LogP) is 6.43. The summed E-state index contributed by atoms with van der Waals surface area (Å²) in [5, 5.41) is 14.2. The second-order valence-corrected chi connectivity index (χ2v) is 9.92. The van der Waals surface area contributed by atoms with E-state index < -0.39 is 29.4 Å². The van der Waals surface area contributed by atoms with Gasteiger partial charge in [0.25, 0.3) is 0 Å². The zero-order chi connectivity index (χ0) is 23.9. The van der Waals surface area contributed by atoms with Gasteiger partial charge in [-0.2, -0.15) is 18.3 Å². The number of halogens is 3. The van der Waals surface area contributed by atoms with Crippen molar-refractivity contribution in [1.29, 1.82) is 0 Å². The van der Waals surface area contributed by atoms with E-state index in [9.17, 15) is 23.1 Å². The van der Waals surface area contributed by atoms with Gasteiger partial charge in [0.1, 0.15) is 0 Å². The van der Waals surface area contributed by atoms with E-state index in [-0.39, 0.29) is 16.5 Å². The normalized spacial score (nSPS) is 17.7. The fourth-order valence-electron chi connectivity index (χ4n) is 3.96. The molecule has 0 saturated heterocycles. The van der Waals surface area contributed by atoms with Crippen LogP contribution in [-0.2, 0) is 15.7 Å². The summed E-state index contributed by atoms with van der Waals surface area (Å²) >= 11 is 0. The number of aliphatic carboxylic acids is 1. The zero-order valence-corrected chi connectivity index (χ0v) is 19.0. The zero-order valence-electron chi connectivity index (χ0n) is 19.0. The number of nitrogens with zero attached hydrogens (tertiary/aromatic N) is 2. The van der Waals surface area contributed by atoms with Crippen molar-refractivity contribution in [1.82, 2.24) is 9.78 Å². The lowest BCUT2D eigenvalue weighted by atomic mass is 9.75. The molecule has 0 aliphatic heterocycles. The predicted molar refractivity (Wildman–Crippen MR) is 115 cm³/mol. The topological polar surface area (TPSA) is 64.4 Å². The van der Waals surface area contributed by atoms with Crippen LogP contribution in [0.1, 0.15) is 76.7 Å². The van der Waals surface area contributed by atoms with Crippen molar-refractivity contribution in [3.8, 4) is 5.69 Å². The molecule has 32 heavy (non-hydrogen) atoms. The molecule has 2 aromatic rings. The molecule has 3 rings (SSSR count). The van der Waals surface area contributed by atoms with Gasteiger partial charge in [-0.1, -0.05) is 19.9 Å².